The summed E-state index contributed by atoms with van der Waals surface area (Å²) in [5.41, 5.74) is 2.60. The Morgan fingerprint density at radius 3 is 2.50 bits per heavy atom. The van der Waals surface area contributed by atoms with E-state index in [4.69, 9.17) is 9.47 Å². The van der Waals surface area contributed by atoms with Crippen molar-refractivity contribution in [1.29, 1.82) is 0 Å². The zero-order valence-electron chi connectivity index (χ0n) is 11.7. The third-order valence-electron chi connectivity index (χ3n) is 3.70. The van der Waals surface area contributed by atoms with Gasteiger partial charge in [0.1, 0.15) is 0 Å². The van der Waals surface area contributed by atoms with Crippen LogP contribution in [-0.2, 0) is 0 Å². The molecular formula is C15H23NO2. The van der Waals surface area contributed by atoms with E-state index >= 15 is 0 Å². The Bertz CT molecular complexity index is 409. The van der Waals surface area contributed by atoms with Gasteiger partial charge in [0.15, 0.2) is 11.5 Å². The smallest absolute Gasteiger partial charge is 0.164 e. The van der Waals surface area contributed by atoms with Gasteiger partial charge in [0.25, 0.3) is 0 Å². The van der Waals surface area contributed by atoms with Crippen LogP contribution in [0.25, 0.3) is 0 Å². The number of hydrogen-bond donors (Lipinski definition) is 1. The zero-order valence-corrected chi connectivity index (χ0v) is 11.7. The van der Waals surface area contributed by atoms with Crippen molar-refractivity contribution in [2.24, 2.45) is 0 Å². The molecule has 1 aliphatic rings. The third-order valence-corrected chi connectivity index (χ3v) is 3.70. The van der Waals surface area contributed by atoms with Crippen LogP contribution in [0.2, 0.25) is 0 Å². The fraction of sp³-hybridized carbons (Fsp3) is 0.600. The summed E-state index contributed by atoms with van der Waals surface area (Å²) in [5, 5.41) is 3.41. The quantitative estimate of drug-likeness (QED) is 0.890. The molecule has 2 rings (SSSR count). The van der Waals surface area contributed by atoms with E-state index < -0.39 is 0 Å². The molecule has 3 heteroatoms. The zero-order chi connectivity index (χ0) is 13.1. The maximum atomic E-state index is 5.56. The lowest BCUT2D eigenvalue weighted by Crippen LogP contribution is -2.09. The fourth-order valence-electron chi connectivity index (χ4n) is 2.57. The van der Waals surface area contributed by atoms with Crippen molar-refractivity contribution >= 4 is 0 Å². The summed E-state index contributed by atoms with van der Waals surface area (Å²) in [7, 11) is 3.43. The van der Waals surface area contributed by atoms with Gasteiger partial charge in [0, 0.05) is 18.0 Å². The van der Waals surface area contributed by atoms with E-state index in [0.29, 0.717) is 11.8 Å². The molecule has 0 aliphatic carbocycles. The standard InChI is InChI=1S/C15H23NO2/c1-10(2)12-7-13(11-5-6-16-9-11)15(18-4)14(8-12)17-3/h7-8,10-11,16H,5-6,9H2,1-4H3. The first-order valence-corrected chi connectivity index (χ1v) is 6.64. The molecule has 1 saturated heterocycles. The van der Waals surface area contributed by atoms with Crippen LogP contribution in [0.1, 0.15) is 43.2 Å². The molecule has 0 amide bonds. The van der Waals surface area contributed by atoms with Gasteiger partial charge in [0.05, 0.1) is 14.2 Å². The highest BCUT2D eigenvalue weighted by atomic mass is 16.5. The minimum atomic E-state index is 0.498. The predicted octanol–water partition coefficient (Wildman–Crippen LogP) is 2.90. The molecule has 1 aliphatic heterocycles. The summed E-state index contributed by atoms with van der Waals surface area (Å²) in [5.74, 6) is 2.78. The molecule has 100 valence electrons. The van der Waals surface area contributed by atoms with Crippen LogP contribution in [0.4, 0.5) is 0 Å². The van der Waals surface area contributed by atoms with Gasteiger partial charge in [0.2, 0.25) is 0 Å². The average Bonchev–Trinajstić information content (AvgIpc) is 2.90. The van der Waals surface area contributed by atoms with Gasteiger partial charge >= 0.3 is 0 Å². The van der Waals surface area contributed by atoms with Crippen LogP contribution in [0, 0.1) is 0 Å². The van der Waals surface area contributed by atoms with Crippen LogP contribution in [0.15, 0.2) is 12.1 Å². The van der Waals surface area contributed by atoms with E-state index in [1.165, 1.54) is 17.5 Å². The average molecular weight is 249 g/mol. The molecule has 1 aromatic rings. The molecule has 0 bridgehead atoms. The van der Waals surface area contributed by atoms with Crippen LogP contribution < -0.4 is 14.8 Å². The number of ether oxygens (including phenoxy) is 2. The van der Waals surface area contributed by atoms with Crippen molar-refractivity contribution in [2.45, 2.75) is 32.1 Å². The van der Waals surface area contributed by atoms with Gasteiger partial charge in [-0.25, -0.2) is 0 Å². The Balaban J connectivity index is 2.48. The SMILES string of the molecule is COc1cc(C(C)C)cc(C2CCNC2)c1OC. The first-order valence-electron chi connectivity index (χ1n) is 6.64. The van der Waals surface area contributed by atoms with Crippen LogP contribution >= 0.6 is 0 Å². The molecule has 0 saturated carbocycles. The highest BCUT2D eigenvalue weighted by molar-refractivity contribution is 5.52. The Kier molecular flexibility index (Phi) is 4.12. The molecule has 0 spiro atoms. The summed E-state index contributed by atoms with van der Waals surface area (Å²) in [6.45, 7) is 6.53. The first-order chi connectivity index (χ1) is 8.67. The van der Waals surface area contributed by atoms with E-state index in [9.17, 15) is 0 Å². The normalized spacial score (nSPS) is 19.3. The second kappa shape index (κ2) is 5.61. The van der Waals surface area contributed by atoms with Gasteiger partial charge in [-0.05, 0) is 30.5 Å². The molecule has 1 unspecified atom stereocenters. The van der Waals surface area contributed by atoms with Gasteiger partial charge in [-0.15, -0.1) is 0 Å². The van der Waals surface area contributed by atoms with Crippen molar-refractivity contribution in [3.63, 3.8) is 0 Å². The number of nitrogens with one attached hydrogen (secondary N) is 1. The van der Waals surface area contributed by atoms with Gasteiger partial charge in [-0.2, -0.15) is 0 Å². The van der Waals surface area contributed by atoms with Crippen LogP contribution in [0.3, 0.4) is 0 Å². The largest absolute Gasteiger partial charge is 0.493 e. The van der Waals surface area contributed by atoms with E-state index in [1.54, 1.807) is 14.2 Å². The van der Waals surface area contributed by atoms with Crippen molar-refractivity contribution < 1.29 is 9.47 Å². The molecule has 18 heavy (non-hydrogen) atoms. The van der Waals surface area contributed by atoms with E-state index in [0.717, 1.165) is 24.6 Å². The minimum Gasteiger partial charge on any atom is -0.493 e. The molecule has 3 nitrogen and oxygen atoms in total. The third kappa shape index (κ3) is 2.46. The number of methoxy groups -OCH3 is 2. The van der Waals surface area contributed by atoms with Crippen LogP contribution in [-0.4, -0.2) is 27.3 Å². The first kappa shape index (κ1) is 13.2. The molecule has 1 N–H and O–H groups in total. The molecule has 1 fully saturated rings. The second-order valence-electron chi connectivity index (χ2n) is 5.19. The molecular weight excluding hydrogens is 226 g/mol. The van der Waals surface area contributed by atoms with Crippen molar-refractivity contribution in [3.8, 4) is 11.5 Å². The number of hydrogen-bond acceptors (Lipinski definition) is 3. The lowest BCUT2D eigenvalue weighted by atomic mass is 9.92. The van der Waals surface area contributed by atoms with E-state index in [2.05, 4.69) is 31.3 Å². The van der Waals surface area contributed by atoms with Crippen molar-refractivity contribution in [2.75, 3.05) is 27.3 Å². The topological polar surface area (TPSA) is 30.5 Å². The molecule has 1 aromatic carbocycles. The summed E-state index contributed by atoms with van der Waals surface area (Å²) in [6, 6.07) is 4.37. The predicted molar refractivity (Wildman–Crippen MR) is 73.9 cm³/mol. The Morgan fingerprint density at radius 2 is 2.00 bits per heavy atom. The highest BCUT2D eigenvalue weighted by Gasteiger charge is 2.23. The maximum Gasteiger partial charge on any atom is 0.164 e. The van der Waals surface area contributed by atoms with Gasteiger partial charge in [-0.3, -0.25) is 0 Å². The highest BCUT2D eigenvalue weighted by Crippen LogP contribution is 2.40. The Labute approximate surface area is 109 Å². The van der Waals surface area contributed by atoms with Crippen molar-refractivity contribution in [1.82, 2.24) is 5.32 Å². The minimum absolute atomic E-state index is 0.498. The number of rotatable bonds is 4. The van der Waals surface area contributed by atoms with Gasteiger partial charge in [-0.1, -0.05) is 19.9 Å². The van der Waals surface area contributed by atoms with E-state index in [1.807, 2.05) is 0 Å². The Morgan fingerprint density at radius 1 is 1.22 bits per heavy atom. The summed E-state index contributed by atoms with van der Waals surface area (Å²) < 4.78 is 11.0. The second-order valence-corrected chi connectivity index (χ2v) is 5.19. The summed E-state index contributed by atoms with van der Waals surface area (Å²) >= 11 is 0. The molecule has 0 aromatic heterocycles. The monoisotopic (exact) mass is 249 g/mol. The van der Waals surface area contributed by atoms with Crippen LogP contribution in [0.5, 0.6) is 11.5 Å². The maximum absolute atomic E-state index is 5.56. The number of benzene rings is 1. The molecule has 0 radical (unpaired) electrons. The molecule has 1 atom stereocenters. The van der Waals surface area contributed by atoms with Crippen molar-refractivity contribution in [3.05, 3.63) is 23.3 Å². The lowest BCUT2D eigenvalue weighted by molar-refractivity contribution is 0.349. The lowest BCUT2D eigenvalue weighted by Gasteiger charge is -2.19. The van der Waals surface area contributed by atoms with Gasteiger partial charge < -0.3 is 14.8 Å². The molecule has 1 heterocycles. The fourth-order valence-corrected chi connectivity index (χ4v) is 2.57. The van der Waals surface area contributed by atoms with E-state index in [-0.39, 0.29) is 0 Å². The Hall–Kier alpha value is -1.22. The summed E-state index contributed by atoms with van der Waals surface area (Å²) in [6.07, 6.45) is 1.17. The summed E-state index contributed by atoms with van der Waals surface area (Å²) in [4.78, 5) is 0.